The van der Waals surface area contributed by atoms with Gasteiger partial charge in [-0.3, -0.25) is 18.8 Å². The van der Waals surface area contributed by atoms with E-state index in [1.54, 1.807) is 24.5 Å². The van der Waals surface area contributed by atoms with Gasteiger partial charge < -0.3 is 15.0 Å². The first-order chi connectivity index (χ1) is 18.0. The number of hydrogen-bond donors (Lipinski definition) is 2. The first kappa shape index (κ1) is 26.9. The maximum absolute atomic E-state index is 13.7. The number of hydrogen-bond acceptors (Lipinski definition) is 4. The van der Waals surface area contributed by atoms with E-state index in [1.807, 2.05) is 69.5 Å². The second-order valence-corrected chi connectivity index (χ2v) is 10.4. The summed E-state index contributed by atoms with van der Waals surface area (Å²) in [5, 5.41) is 12.7. The zero-order valence-electron chi connectivity index (χ0n) is 22.4. The number of pyridine rings is 2. The highest BCUT2D eigenvalue weighted by atomic mass is 16.4. The average Bonchev–Trinajstić information content (AvgIpc) is 3.31. The fraction of sp³-hybridized carbons (Fsp3) is 0.333. The molecule has 3 heterocycles. The highest BCUT2D eigenvalue weighted by Gasteiger charge is 2.27. The molecule has 8 heteroatoms. The van der Waals surface area contributed by atoms with Crippen molar-refractivity contribution in [1.82, 2.24) is 19.3 Å². The van der Waals surface area contributed by atoms with E-state index in [9.17, 15) is 19.5 Å². The van der Waals surface area contributed by atoms with Crippen molar-refractivity contribution in [1.29, 1.82) is 0 Å². The van der Waals surface area contributed by atoms with Crippen LogP contribution in [0, 0.1) is 26.7 Å². The third-order valence-electron chi connectivity index (χ3n) is 6.80. The lowest BCUT2D eigenvalue weighted by molar-refractivity contribution is -0.138. The number of amides is 1. The Morgan fingerprint density at radius 2 is 1.74 bits per heavy atom. The molecule has 0 saturated carbocycles. The van der Waals surface area contributed by atoms with Gasteiger partial charge >= 0.3 is 5.97 Å². The molecule has 4 aromatic rings. The molecule has 0 radical (unpaired) electrons. The molecular formula is C30H34N4O4. The van der Waals surface area contributed by atoms with Crippen molar-refractivity contribution < 1.29 is 14.7 Å². The predicted molar refractivity (Wildman–Crippen MR) is 147 cm³/mol. The monoisotopic (exact) mass is 514 g/mol. The van der Waals surface area contributed by atoms with Crippen LogP contribution in [-0.2, 0) is 9.59 Å². The van der Waals surface area contributed by atoms with E-state index in [0.29, 0.717) is 17.6 Å². The number of carboxylic acid groups (broad SMARTS) is 1. The van der Waals surface area contributed by atoms with Gasteiger partial charge in [0.2, 0.25) is 5.91 Å². The van der Waals surface area contributed by atoms with Gasteiger partial charge in [-0.05, 0) is 73.6 Å². The Kier molecular flexibility index (Phi) is 7.80. The van der Waals surface area contributed by atoms with Crippen LogP contribution in [0.3, 0.4) is 0 Å². The first-order valence-corrected chi connectivity index (χ1v) is 12.8. The van der Waals surface area contributed by atoms with E-state index in [0.717, 1.165) is 27.9 Å². The summed E-state index contributed by atoms with van der Waals surface area (Å²) in [6.07, 6.45) is 5.32. The van der Waals surface area contributed by atoms with Crippen LogP contribution >= 0.6 is 0 Å². The topological polar surface area (TPSA) is 106 Å². The number of carbonyl (C=O) groups is 2. The molecule has 4 rings (SSSR count). The van der Waals surface area contributed by atoms with E-state index in [4.69, 9.17) is 0 Å². The Hall–Kier alpha value is -4.20. The van der Waals surface area contributed by atoms with E-state index in [1.165, 1.54) is 10.6 Å². The summed E-state index contributed by atoms with van der Waals surface area (Å²) in [4.78, 5) is 42.8. The minimum absolute atomic E-state index is 0.133. The van der Waals surface area contributed by atoms with Crippen LogP contribution in [0.1, 0.15) is 61.0 Å². The lowest BCUT2D eigenvalue weighted by atomic mass is 9.95. The molecule has 198 valence electrons. The fourth-order valence-corrected chi connectivity index (χ4v) is 4.99. The van der Waals surface area contributed by atoms with Gasteiger partial charge in [-0.15, -0.1) is 0 Å². The zero-order valence-corrected chi connectivity index (χ0v) is 22.4. The molecule has 0 aliphatic rings. The van der Waals surface area contributed by atoms with Gasteiger partial charge in [-0.25, -0.2) is 4.98 Å². The Labute approximate surface area is 222 Å². The van der Waals surface area contributed by atoms with Crippen molar-refractivity contribution >= 4 is 17.5 Å². The van der Waals surface area contributed by atoms with Crippen LogP contribution in [0.2, 0.25) is 0 Å². The molecule has 3 aromatic heterocycles. The summed E-state index contributed by atoms with van der Waals surface area (Å²) < 4.78 is 3.39. The number of nitrogens with one attached hydrogen (secondary N) is 1. The Morgan fingerprint density at radius 3 is 2.37 bits per heavy atom. The summed E-state index contributed by atoms with van der Waals surface area (Å²) in [6.45, 7) is 9.86. The summed E-state index contributed by atoms with van der Waals surface area (Å²) in [5.74, 6) is -1.30. The molecule has 0 fully saturated rings. The normalized spacial score (nSPS) is 13.0. The van der Waals surface area contributed by atoms with E-state index in [-0.39, 0.29) is 17.9 Å². The summed E-state index contributed by atoms with van der Waals surface area (Å²) in [5.41, 5.74) is 5.88. The highest BCUT2D eigenvalue weighted by Crippen LogP contribution is 2.31. The lowest BCUT2D eigenvalue weighted by Gasteiger charge is -2.25. The largest absolute Gasteiger partial charge is 0.481 e. The van der Waals surface area contributed by atoms with Crippen molar-refractivity contribution in [2.24, 2.45) is 5.92 Å². The quantitative estimate of drug-likeness (QED) is 0.327. The molecule has 0 saturated heterocycles. The Morgan fingerprint density at radius 1 is 1.03 bits per heavy atom. The maximum atomic E-state index is 13.7. The SMILES string of the molecule is Cc1ccn([C@@H](CC(C)C)C(=O)N[C@H](CC(=O)O)c2cc(-c3c(C)cccc3C)n3ccnc3c2)c(=O)c1. The number of aliphatic carboxylic acids is 1. The molecule has 2 atom stereocenters. The van der Waals surface area contributed by atoms with E-state index in [2.05, 4.69) is 10.3 Å². The first-order valence-electron chi connectivity index (χ1n) is 12.8. The molecule has 1 amide bonds. The molecule has 2 N–H and O–H groups in total. The maximum Gasteiger partial charge on any atom is 0.305 e. The number of fused-ring (bicyclic) bond motifs is 1. The third kappa shape index (κ3) is 5.69. The standard InChI is InChI=1S/C30H34N4O4/c1-18(2)13-25(34-11-9-19(3)14-27(34)35)30(38)32-23(17-28(36)37)22-15-24(33-12-10-31-26(33)16-22)29-20(4)7-6-8-21(29)5/h6-12,14-16,18,23,25H,13,17H2,1-5H3,(H,32,38)(H,36,37)/t23-,25+/m1/s1. The van der Waals surface area contributed by atoms with Crippen LogP contribution in [0.5, 0.6) is 0 Å². The second kappa shape index (κ2) is 11.0. The molecule has 38 heavy (non-hydrogen) atoms. The number of aryl methyl sites for hydroxylation is 3. The van der Waals surface area contributed by atoms with Crippen LogP contribution in [0.25, 0.3) is 16.9 Å². The van der Waals surface area contributed by atoms with Crippen LogP contribution in [-0.4, -0.2) is 30.9 Å². The molecule has 0 spiro atoms. The van der Waals surface area contributed by atoms with Crippen molar-refractivity contribution in [3.05, 3.63) is 93.7 Å². The van der Waals surface area contributed by atoms with Crippen LogP contribution in [0.15, 0.2) is 65.8 Å². The van der Waals surface area contributed by atoms with Crippen molar-refractivity contribution in [3.63, 3.8) is 0 Å². The minimum Gasteiger partial charge on any atom is -0.481 e. The minimum atomic E-state index is -1.04. The van der Waals surface area contributed by atoms with Crippen molar-refractivity contribution in [3.8, 4) is 11.3 Å². The number of rotatable bonds is 9. The van der Waals surface area contributed by atoms with Gasteiger partial charge in [-0.1, -0.05) is 32.0 Å². The number of aromatic nitrogens is 3. The molecule has 1 aromatic carbocycles. The van der Waals surface area contributed by atoms with E-state index < -0.39 is 24.0 Å². The zero-order chi connectivity index (χ0) is 27.6. The summed E-state index contributed by atoms with van der Waals surface area (Å²) in [7, 11) is 0. The molecule has 0 aliphatic heterocycles. The average molecular weight is 515 g/mol. The summed E-state index contributed by atoms with van der Waals surface area (Å²) >= 11 is 0. The molecule has 8 nitrogen and oxygen atoms in total. The van der Waals surface area contributed by atoms with Gasteiger partial charge in [-0.2, -0.15) is 0 Å². The molecular weight excluding hydrogens is 480 g/mol. The van der Waals surface area contributed by atoms with Gasteiger partial charge in [0.1, 0.15) is 11.7 Å². The number of carbonyl (C=O) groups excluding carboxylic acids is 1. The van der Waals surface area contributed by atoms with Gasteiger partial charge in [0.05, 0.1) is 18.2 Å². The van der Waals surface area contributed by atoms with Gasteiger partial charge in [0.25, 0.3) is 5.56 Å². The molecule has 0 unspecified atom stereocenters. The van der Waals surface area contributed by atoms with Crippen molar-refractivity contribution in [2.75, 3.05) is 0 Å². The number of benzene rings is 1. The number of carboxylic acids is 1. The van der Waals surface area contributed by atoms with Gasteiger partial charge in [0, 0.05) is 30.2 Å². The Bertz CT molecular complexity index is 1530. The Balaban J connectivity index is 1.79. The third-order valence-corrected chi connectivity index (χ3v) is 6.80. The number of nitrogens with zero attached hydrogens (tertiary/aromatic N) is 3. The lowest BCUT2D eigenvalue weighted by Crippen LogP contribution is -2.40. The van der Waals surface area contributed by atoms with Crippen LogP contribution < -0.4 is 10.9 Å². The number of imidazole rings is 1. The van der Waals surface area contributed by atoms with E-state index >= 15 is 0 Å². The van der Waals surface area contributed by atoms with Crippen molar-refractivity contribution in [2.45, 2.75) is 59.5 Å². The summed E-state index contributed by atoms with van der Waals surface area (Å²) in [6, 6.07) is 11.5. The molecule has 0 bridgehead atoms. The predicted octanol–water partition coefficient (Wildman–Crippen LogP) is 5.01. The highest BCUT2D eigenvalue weighted by molar-refractivity contribution is 5.82. The van der Waals surface area contributed by atoms with Crippen LogP contribution in [0.4, 0.5) is 0 Å². The fourth-order valence-electron chi connectivity index (χ4n) is 4.99. The smallest absolute Gasteiger partial charge is 0.305 e. The van der Waals surface area contributed by atoms with Gasteiger partial charge in [0.15, 0.2) is 0 Å². The molecule has 0 aliphatic carbocycles. The second-order valence-electron chi connectivity index (χ2n) is 10.4.